The molecule has 68 valence electrons. The second-order valence-electron chi connectivity index (χ2n) is 3.20. The molecule has 1 rings (SSSR count). The maximum absolute atomic E-state index is 10.8. The van der Waals surface area contributed by atoms with Gasteiger partial charge >= 0.3 is 0 Å². The first-order valence-electron chi connectivity index (χ1n) is 4.12. The highest BCUT2D eigenvalue weighted by Gasteiger charge is 2.31. The van der Waals surface area contributed by atoms with Crippen molar-refractivity contribution in [3.05, 3.63) is 11.6 Å². The van der Waals surface area contributed by atoms with E-state index in [0.29, 0.717) is 13.0 Å². The van der Waals surface area contributed by atoms with Gasteiger partial charge in [-0.1, -0.05) is 17.7 Å². The largest absolute Gasteiger partial charge is 0.380 e. The van der Waals surface area contributed by atoms with Crippen LogP contribution >= 0.6 is 11.6 Å². The molecule has 1 unspecified atom stereocenters. The average Bonchev–Trinajstić information content (AvgIpc) is 2.16. The molecule has 0 bridgehead atoms. The zero-order valence-corrected chi connectivity index (χ0v) is 7.72. The van der Waals surface area contributed by atoms with Crippen LogP contribution < -0.4 is 0 Å². The summed E-state index contributed by atoms with van der Waals surface area (Å²) in [5, 5.41) is 0. The Hall–Kier alpha value is -0.340. The van der Waals surface area contributed by atoms with E-state index < -0.39 is 0 Å². The molecule has 0 aromatic carbocycles. The average molecular weight is 189 g/mol. The zero-order valence-electron chi connectivity index (χ0n) is 6.96. The van der Waals surface area contributed by atoms with E-state index in [2.05, 4.69) is 0 Å². The van der Waals surface area contributed by atoms with Gasteiger partial charge in [-0.25, -0.2) is 0 Å². The maximum Gasteiger partial charge on any atom is 0.128 e. The van der Waals surface area contributed by atoms with E-state index in [1.165, 1.54) is 5.54 Å². The summed E-state index contributed by atoms with van der Waals surface area (Å²) in [7, 11) is 0. The number of rotatable bonds is 3. The number of carbonyl (C=O) groups is 1. The highest BCUT2D eigenvalue weighted by atomic mass is 35.5. The van der Waals surface area contributed by atoms with Gasteiger partial charge in [0, 0.05) is 12.1 Å². The van der Waals surface area contributed by atoms with Crippen molar-refractivity contribution in [2.45, 2.75) is 19.3 Å². The van der Waals surface area contributed by atoms with Crippen molar-refractivity contribution < 1.29 is 9.53 Å². The fraction of sp³-hybridized carbons (Fsp3) is 0.667. The van der Waals surface area contributed by atoms with Crippen molar-refractivity contribution in [3.8, 4) is 0 Å². The minimum Gasteiger partial charge on any atom is -0.380 e. The van der Waals surface area contributed by atoms with E-state index in [-0.39, 0.29) is 5.41 Å². The number of hydrogen-bond donors (Lipinski definition) is 0. The molecule has 12 heavy (non-hydrogen) atoms. The summed E-state index contributed by atoms with van der Waals surface area (Å²) in [5.41, 5.74) is 1.16. The molecule has 1 aliphatic rings. The Morgan fingerprint density at radius 1 is 1.58 bits per heavy atom. The van der Waals surface area contributed by atoms with Gasteiger partial charge in [0.05, 0.1) is 12.0 Å². The monoisotopic (exact) mass is 188 g/mol. The molecule has 0 N–H and O–H groups in total. The van der Waals surface area contributed by atoms with Crippen LogP contribution in [0.2, 0.25) is 0 Å². The molecular formula is C9H13ClO2. The quantitative estimate of drug-likeness (QED) is 0.635. The normalized spacial score (nSPS) is 30.8. The lowest BCUT2D eigenvalue weighted by atomic mass is 9.81. The van der Waals surface area contributed by atoms with Crippen LogP contribution in [0, 0.1) is 5.41 Å². The zero-order chi connectivity index (χ0) is 8.86. The minimum absolute atomic E-state index is 0.302. The van der Waals surface area contributed by atoms with E-state index >= 15 is 0 Å². The van der Waals surface area contributed by atoms with Gasteiger partial charge in [0.15, 0.2) is 0 Å². The van der Waals surface area contributed by atoms with Crippen molar-refractivity contribution >= 4 is 17.9 Å². The van der Waals surface area contributed by atoms with E-state index in [9.17, 15) is 4.79 Å². The van der Waals surface area contributed by atoms with Crippen molar-refractivity contribution in [1.82, 2.24) is 0 Å². The summed E-state index contributed by atoms with van der Waals surface area (Å²) >= 11 is 5.40. The van der Waals surface area contributed by atoms with Crippen molar-refractivity contribution in [1.29, 1.82) is 0 Å². The third-order valence-electron chi connectivity index (χ3n) is 2.22. The molecule has 1 aliphatic heterocycles. The summed E-state index contributed by atoms with van der Waals surface area (Å²) in [4.78, 5) is 10.8. The third kappa shape index (κ3) is 2.32. The highest BCUT2D eigenvalue weighted by Crippen LogP contribution is 2.30. The number of aldehydes is 1. The molecule has 2 nitrogen and oxygen atoms in total. The van der Waals surface area contributed by atoms with E-state index in [0.717, 1.165) is 25.7 Å². The Morgan fingerprint density at radius 2 is 2.42 bits per heavy atom. The lowest BCUT2D eigenvalue weighted by molar-refractivity contribution is -0.123. The van der Waals surface area contributed by atoms with Crippen LogP contribution in [-0.2, 0) is 9.53 Å². The summed E-state index contributed by atoms with van der Waals surface area (Å²) in [5.74, 6) is 0. The van der Waals surface area contributed by atoms with Gasteiger partial charge in [-0.15, -0.1) is 0 Å². The van der Waals surface area contributed by atoms with Gasteiger partial charge in [0.2, 0.25) is 0 Å². The Labute approximate surface area is 77.5 Å². The lowest BCUT2D eigenvalue weighted by Gasteiger charge is -2.30. The Kier molecular flexibility index (Phi) is 3.76. The molecule has 3 heteroatoms. The van der Waals surface area contributed by atoms with Crippen molar-refractivity contribution in [2.24, 2.45) is 5.41 Å². The molecule has 0 saturated carbocycles. The van der Waals surface area contributed by atoms with Crippen LogP contribution in [0.5, 0.6) is 0 Å². The second-order valence-corrected chi connectivity index (χ2v) is 3.45. The molecular weight excluding hydrogens is 176 g/mol. The first-order valence-corrected chi connectivity index (χ1v) is 4.56. The van der Waals surface area contributed by atoms with Gasteiger partial charge in [-0.3, -0.25) is 0 Å². The predicted octanol–water partition coefficient (Wildman–Crippen LogP) is 2.12. The Morgan fingerprint density at radius 3 is 2.92 bits per heavy atom. The van der Waals surface area contributed by atoms with Crippen molar-refractivity contribution in [3.63, 3.8) is 0 Å². The second kappa shape index (κ2) is 4.63. The smallest absolute Gasteiger partial charge is 0.128 e. The van der Waals surface area contributed by atoms with E-state index in [4.69, 9.17) is 16.3 Å². The van der Waals surface area contributed by atoms with Crippen LogP contribution in [0.4, 0.5) is 0 Å². The van der Waals surface area contributed by atoms with E-state index in [1.54, 1.807) is 0 Å². The number of allylic oxidation sites excluding steroid dienone is 1. The van der Waals surface area contributed by atoms with Gasteiger partial charge < -0.3 is 9.53 Å². The summed E-state index contributed by atoms with van der Waals surface area (Å²) in [6.07, 6.45) is 5.39. The molecule has 0 radical (unpaired) electrons. The fourth-order valence-corrected chi connectivity index (χ4v) is 1.54. The molecule has 0 spiro atoms. The van der Waals surface area contributed by atoms with Crippen LogP contribution in [0.3, 0.4) is 0 Å². The first-order chi connectivity index (χ1) is 5.83. The third-order valence-corrected chi connectivity index (χ3v) is 2.39. The highest BCUT2D eigenvalue weighted by molar-refractivity contribution is 6.25. The predicted molar refractivity (Wildman–Crippen MR) is 48.2 cm³/mol. The van der Waals surface area contributed by atoms with Gasteiger partial charge in [-0.05, 0) is 19.3 Å². The van der Waals surface area contributed by atoms with Crippen LogP contribution in [0.15, 0.2) is 11.6 Å². The Bertz CT molecular complexity index is 171. The summed E-state index contributed by atoms with van der Waals surface area (Å²) in [6.45, 7) is 1.32. The van der Waals surface area contributed by atoms with E-state index in [1.807, 2.05) is 6.08 Å². The Balaban J connectivity index is 2.53. The SMILES string of the molecule is O=CC1(C/C=C/Cl)CCCOC1. The first kappa shape index (κ1) is 9.75. The van der Waals surface area contributed by atoms with Crippen LogP contribution in [-0.4, -0.2) is 19.5 Å². The standard InChI is InChI=1S/C9H13ClO2/c10-5-1-3-9(7-11)4-2-6-12-8-9/h1,5,7H,2-4,6,8H2/b5-1+. The van der Waals surface area contributed by atoms with Crippen molar-refractivity contribution in [2.75, 3.05) is 13.2 Å². The van der Waals surface area contributed by atoms with Gasteiger partial charge in [0.1, 0.15) is 6.29 Å². The number of halogens is 1. The molecule has 0 aliphatic carbocycles. The minimum atomic E-state index is -0.302. The van der Waals surface area contributed by atoms with Gasteiger partial charge in [-0.2, -0.15) is 0 Å². The molecule has 1 atom stereocenters. The molecule has 1 fully saturated rings. The number of carbonyl (C=O) groups excluding carboxylic acids is 1. The van der Waals surface area contributed by atoms with Gasteiger partial charge in [0.25, 0.3) is 0 Å². The summed E-state index contributed by atoms with van der Waals surface area (Å²) in [6, 6.07) is 0. The number of ether oxygens (including phenoxy) is 1. The maximum atomic E-state index is 10.8. The summed E-state index contributed by atoms with van der Waals surface area (Å²) < 4.78 is 5.27. The van der Waals surface area contributed by atoms with Crippen LogP contribution in [0.1, 0.15) is 19.3 Å². The number of hydrogen-bond acceptors (Lipinski definition) is 2. The fourth-order valence-electron chi connectivity index (χ4n) is 1.46. The lowest BCUT2D eigenvalue weighted by Crippen LogP contribution is -2.32. The topological polar surface area (TPSA) is 26.3 Å². The molecule has 1 saturated heterocycles. The van der Waals surface area contributed by atoms with Crippen LogP contribution in [0.25, 0.3) is 0 Å². The molecule has 0 aromatic rings. The molecule has 0 amide bonds. The molecule has 0 aromatic heterocycles. The molecule has 1 heterocycles.